The van der Waals surface area contributed by atoms with Crippen LogP contribution in [0, 0.1) is 11.3 Å². The van der Waals surface area contributed by atoms with Gasteiger partial charge in [-0.1, -0.05) is 6.92 Å². The van der Waals surface area contributed by atoms with Gasteiger partial charge >= 0.3 is 0 Å². The number of hydrogen-bond donors (Lipinski definition) is 0. The van der Waals surface area contributed by atoms with Crippen LogP contribution in [0.4, 0.5) is 5.69 Å². The Balaban J connectivity index is 1.57. The van der Waals surface area contributed by atoms with Crippen molar-refractivity contribution in [2.75, 3.05) is 24.5 Å². The average Bonchev–Trinajstić information content (AvgIpc) is 3.17. The SMILES string of the molecule is C[C@H]1CN(C(=O)c2ccnnc2)C[C@@]12CCN(c1cccnc1)C2=O. The van der Waals surface area contributed by atoms with Gasteiger partial charge in [-0.3, -0.25) is 14.6 Å². The number of anilines is 1. The summed E-state index contributed by atoms with van der Waals surface area (Å²) in [7, 11) is 0. The molecule has 0 unspecified atom stereocenters. The van der Waals surface area contributed by atoms with Gasteiger partial charge in [0.05, 0.1) is 35.3 Å². The number of rotatable bonds is 2. The maximum absolute atomic E-state index is 13.2. The molecular formula is C18H19N5O2. The van der Waals surface area contributed by atoms with Crippen LogP contribution in [0.5, 0.6) is 0 Å². The lowest BCUT2D eigenvalue weighted by molar-refractivity contribution is -0.126. The maximum atomic E-state index is 13.2. The highest BCUT2D eigenvalue weighted by Gasteiger charge is 2.56. The molecule has 25 heavy (non-hydrogen) atoms. The molecule has 0 N–H and O–H groups in total. The van der Waals surface area contributed by atoms with E-state index in [1.165, 1.54) is 12.4 Å². The largest absolute Gasteiger partial charge is 0.337 e. The van der Waals surface area contributed by atoms with Gasteiger partial charge in [0.25, 0.3) is 5.91 Å². The fourth-order valence-corrected chi connectivity index (χ4v) is 3.97. The van der Waals surface area contributed by atoms with E-state index in [0.29, 0.717) is 25.2 Å². The van der Waals surface area contributed by atoms with Crippen LogP contribution in [-0.2, 0) is 4.79 Å². The second-order valence-electron chi connectivity index (χ2n) is 6.79. The lowest BCUT2D eigenvalue weighted by Crippen LogP contribution is -2.40. The van der Waals surface area contributed by atoms with Crippen LogP contribution in [0.1, 0.15) is 23.7 Å². The summed E-state index contributed by atoms with van der Waals surface area (Å²) >= 11 is 0. The molecule has 2 atom stereocenters. The van der Waals surface area contributed by atoms with Crippen molar-refractivity contribution in [3.8, 4) is 0 Å². The molecule has 128 valence electrons. The van der Waals surface area contributed by atoms with Crippen LogP contribution >= 0.6 is 0 Å². The topological polar surface area (TPSA) is 79.3 Å². The van der Waals surface area contributed by atoms with Crippen molar-refractivity contribution in [2.24, 2.45) is 11.3 Å². The highest BCUT2D eigenvalue weighted by Crippen LogP contribution is 2.46. The molecule has 2 aromatic heterocycles. The van der Waals surface area contributed by atoms with E-state index in [1.807, 2.05) is 12.1 Å². The zero-order valence-corrected chi connectivity index (χ0v) is 14.0. The molecule has 1 spiro atoms. The minimum atomic E-state index is -0.508. The quantitative estimate of drug-likeness (QED) is 0.827. The van der Waals surface area contributed by atoms with Crippen LogP contribution in [0.2, 0.25) is 0 Å². The van der Waals surface area contributed by atoms with E-state index in [2.05, 4.69) is 22.1 Å². The van der Waals surface area contributed by atoms with E-state index in [1.54, 1.807) is 28.3 Å². The van der Waals surface area contributed by atoms with E-state index in [9.17, 15) is 9.59 Å². The van der Waals surface area contributed by atoms with Crippen molar-refractivity contribution in [1.82, 2.24) is 20.1 Å². The molecule has 2 fully saturated rings. The smallest absolute Gasteiger partial charge is 0.255 e. The normalized spacial score (nSPS) is 25.8. The monoisotopic (exact) mass is 337 g/mol. The van der Waals surface area contributed by atoms with E-state index in [-0.39, 0.29) is 17.7 Å². The molecular weight excluding hydrogens is 318 g/mol. The number of carbonyl (C=O) groups excluding carboxylic acids is 2. The van der Waals surface area contributed by atoms with Crippen LogP contribution in [0.3, 0.4) is 0 Å². The predicted molar refractivity (Wildman–Crippen MR) is 90.7 cm³/mol. The van der Waals surface area contributed by atoms with Gasteiger partial charge in [0.1, 0.15) is 0 Å². The molecule has 0 saturated carbocycles. The van der Waals surface area contributed by atoms with E-state index < -0.39 is 5.41 Å². The number of nitrogens with zero attached hydrogens (tertiary/aromatic N) is 5. The first-order valence-corrected chi connectivity index (χ1v) is 8.40. The molecule has 4 heterocycles. The molecule has 2 saturated heterocycles. The predicted octanol–water partition coefficient (Wildman–Crippen LogP) is 1.39. The summed E-state index contributed by atoms with van der Waals surface area (Å²) in [4.78, 5) is 33.6. The summed E-state index contributed by atoms with van der Waals surface area (Å²) in [5.41, 5.74) is 0.819. The Bertz CT molecular complexity index is 798. The zero-order valence-electron chi connectivity index (χ0n) is 14.0. The summed E-state index contributed by atoms with van der Waals surface area (Å²) in [6.45, 7) is 3.75. The van der Waals surface area contributed by atoms with Crippen molar-refractivity contribution < 1.29 is 9.59 Å². The molecule has 2 aliphatic heterocycles. The second-order valence-corrected chi connectivity index (χ2v) is 6.79. The van der Waals surface area contributed by atoms with Crippen LogP contribution < -0.4 is 4.90 Å². The minimum absolute atomic E-state index is 0.0914. The fourth-order valence-electron chi connectivity index (χ4n) is 3.97. The van der Waals surface area contributed by atoms with Crippen LogP contribution in [0.25, 0.3) is 0 Å². The number of likely N-dealkylation sites (tertiary alicyclic amines) is 1. The summed E-state index contributed by atoms with van der Waals surface area (Å²) < 4.78 is 0. The molecule has 7 heteroatoms. The zero-order chi connectivity index (χ0) is 17.4. The molecule has 0 bridgehead atoms. The highest BCUT2D eigenvalue weighted by molar-refractivity contribution is 6.01. The molecule has 2 amide bonds. The van der Waals surface area contributed by atoms with E-state index in [4.69, 9.17) is 0 Å². The van der Waals surface area contributed by atoms with Gasteiger partial charge in [0, 0.05) is 25.8 Å². The third-order valence-corrected chi connectivity index (χ3v) is 5.44. The highest BCUT2D eigenvalue weighted by atomic mass is 16.2. The Morgan fingerprint density at radius 2 is 2.12 bits per heavy atom. The van der Waals surface area contributed by atoms with Gasteiger partial charge in [-0.05, 0) is 30.5 Å². The maximum Gasteiger partial charge on any atom is 0.255 e. The summed E-state index contributed by atoms with van der Waals surface area (Å²) in [5, 5.41) is 7.48. The van der Waals surface area contributed by atoms with Gasteiger partial charge in [-0.15, -0.1) is 0 Å². The fraction of sp³-hybridized carbons (Fsp3) is 0.389. The summed E-state index contributed by atoms with van der Waals surface area (Å²) in [5.74, 6) is 0.114. The Morgan fingerprint density at radius 3 is 2.84 bits per heavy atom. The van der Waals surface area contributed by atoms with Crippen LogP contribution in [-0.4, -0.2) is 51.5 Å². The number of aromatic nitrogens is 3. The van der Waals surface area contributed by atoms with Crippen molar-refractivity contribution in [3.05, 3.63) is 48.5 Å². The molecule has 0 aliphatic carbocycles. The van der Waals surface area contributed by atoms with Gasteiger partial charge in [0.15, 0.2) is 0 Å². The van der Waals surface area contributed by atoms with Crippen molar-refractivity contribution in [2.45, 2.75) is 13.3 Å². The van der Waals surface area contributed by atoms with Gasteiger partial charge < -0.3 is 9.80 Å². The molecule has 2 aliphatic rings. The molecule has 4 rings (SSSR count). The van der Waals surface area contributed by atoms with Crippen molar-refractivity contribution in [1.29, 1.82) is 0 Å². The average molecular weight is 337 g/mol. The lowest BCUT2D eigenvalue weighted by atomic mass is 9.78. The third-order valence-electron chi connectivity index (χ3n) is 5.44. The second kappa shape index (κ2) is 5.91. The van der Waals surface area contributed by atoms with Crippen molar-refractivity contribution >= 4 is 17.5 Å². The van der Waals surface area contributed by atoms with Gasteiger partial charge in [0.2, 0.25) is 5.91 Å². The first kappa shape index (κ1) is 15.7. The third kappa shape index (κ3) is 2.47. The van der Waals surface area contributed by atoms with Gasteiger partial charge in [-0.2, -0.15) is 10.2 Å². The minimum Gasteiger partial charge on any atom is -0.337 e. The Labute approximate surface area is 145 Å². The van der Waals surface area contributed by atoms with E-state index >= 15 is 0 Å². The number of pyridine rings is 1. The Morgan fingerprint density at radius 1 is 1.24 bits per heavy atom. The van der Waals surface area contributed by atoms with Crippen molar-refractivity contribution in [3.63, 3.8) is 0 Å². The molecule has 7 nitrogen and oxygen atoms in total. The molecule has 2 aromatic rings. The standard InChI is InChI=1S/C18H19N5O2/c1-13-11-22(16(24)14-4-7-20-21-9-14)12-18(13)5-8-23(17(18)25)15-3-2-6-19-10-15/h2-4,6-7,9-10,13H,5,8,11-12H2,1H3/t13-,18-/m0/s1. The first-order valence-electron chi connectivity index (χ1n) is 8.40. The van der Waals surface area contributed by atoms with Crippen LogP contribution in [0.15, 0.2) is 43.0 Å². The number of hydrogen-bond acceptors (Lipinski definition) is 5. The van der Waals surface area contributed by atoms with E-state index in [0.717, 1.165) is 12.1 Å². The Kier molecular flexibility index (Phi) is 3.71. The van der Waals surface area contributed by atoms with Gasteiger partial charge in [-0.25, -0.2) is 0 Å². The number of amides is 2. The number of carbonyl (C=O) groups is 2. The lowest BCUT2D eigenvalue weighted by Gasteiger charge is -2.26. The molecule has 0 radical (unpaired) electrons. The Hall–Kier alpha value is -2.83. The summed E-state index contributed by atoms with van der Waals surface area (Å²) in [6.07, 6.45) is 7.13. The molecule has 0 aromatic carbocycles. The summed E-state index contributed by atoms with van der Waals surface area (Å²) in [6, 6.07) is 5.39. The first-order chi connectivity index (χ1) is 12.1.